The minimum absolute atomic E-state index is 0.0104. The highest BCUT2D eigenvalue weighted by Crippen LogP contribution is 2.30. The van der Waals surface area contributed by atoms with Gasteiger partial charge in [0.2, 0.25) is 0 Å². The molecule has 0 unspecified atom stereocenters. The van der Waals surface area contributed by atoms with Crippen LogP contribution in [0.15, 0.2) is 42.0 Å². The maximum Gasteiger partial charge on any atom is 0.161 e. The molecular formula is C18H12ClFN2O2. The van der Waals surface area contributed by atoms with E-state index in [1.54, 1.807) is 36.4 Å². The summed E-state index contributed by atoms with van der Waals surface area (Å²) < 4.78 is 24.0. The van der Waals surface area contributed by atoms with Crippen molar-refractivity contribution < 1.29 is 13.9 Å². The molecule has 0 saturated carbocycles. The number of hydrogen-bond acceptors (Lipinski definition) is 4. The molecule has 6 heteroatoms. The van der Waals surface area contributed by atoms with E-state index in [9.17, 15) is 4.39 Å². The van der Waals surface area contributed by atoms with E-state index in [2.05, 4.69) is 0 Å². The van der Waals surface area contributed by atoms with Crippen LogP contribution >= 0.6 is 11.6 Å². The lowest BCUT2D eigenvalue weighted by Crippen LogP contribution is -1.99. The minimum Gasteiger partial charge on any atom is -0.493 e. The van der Waals surface area contributed by atoms with Crippen LogP contribution in [0, 0.1) is 28.5 Å². The SMILES string of the molecule is COc1cc(C=C(C#N)C#N)ccc1OCc1ccc(F)cc1Cl. The first-order valence-electron chi connectivity index (χ1n) is 6.84. The summed E-state index contributed by atoms with van der Waals surface area (Å²) in [4.78, 5) is 0. The van der Waals surface area contributed by atoms with E-state index in [-0.39, 0.29) is 17.2 Å². The second-order valence-electron chi connectivity index (χ2n) is 4.72. The van der Waals surface area contributed by atoms with Crippen molar-refractivity contribution in [2.45, 2.75) is 6.61 Å². The first-order chi connectivity index (χ1) is 11.6. The minimum atomic E-state index is -0.414. The molecule has 2 aromatic rings. The molecule has 0 spiro atoms. The molecule has 0 aromatic heterocycles. The monoisotopic (exact) mass is 342 g/mol. The molecule has 0 aliphatic heterocycles. The van der Waals surface area contributed by atoms with Gasteiger partial charge in [-0.2, -0.15) is 10.5 Å². The van der Waals surface area contributed by atoms with Crippen molar-refractivity contribution in [2.24, 2.45) is 0 Å². The number of benzene rings is 2. The highest BCUT2D eigenvalue weighted by Gasteiger charge is 2.08. The lowest BCUT2D eigenvalue weighted by atomic mass is 10.1. The van der Waals surface area contributed by atoms with Gasteiger partial charge in [0.1, 0.15) is 30.1 Å². The molecule has 4 nitrogen and oxygen atoms in total. The zero-order chi connectivity index (χ0) is 17.5. The maximum atomic E-state index is 13.0. The van der Waals surface area contributed by atoms with Crippen LogP contribution in [0.5, 0.6) is 11.5 Å². The van der Waals surface area contributed by atoms with Gasteiger partial charge in [-0.3, -0.25) is 0 Å². The zero-order valence-electron chi connectivity index (χ0n) is 12.7. The fourth-order valence-corrected chi connectivity index (χ4v) is 2.17. The van der Waals surface area contributed by atoms with Crippen LogP contribution in [0.25, 0.3) is 6.08 Å². The molecule has 120 valence electrons. The molecule has 0 N–H and O–H groups in total. The topological polar surface area (TPSA) is 66.0 Å². The quantitative estimate of drug-likeness (QED) is 0.750. The summed E-state index contributed by atoms with van der Waals surface area (Å²) in [5.74, 6) is 0.492. The number of nitriles is 2. The number of methoxy groups -OCH3 is 1. The normalized spacial score (nSPS) is 9.54. The molecule has 2 aromatic carbocycles. The summed E-state index contributed by atoms with van der Waals surface area (Å²) in [6, 6.07) is 12.7. The van der Waals surface area contributed by atoms with Gasteiger partial charge < -0.3 is 9.47 Å². The van der Waals surface area contributed by atoms with Crippen molar-refractivity contribution in [1.82, 2.24) is 0 Å². The van der Waals surface area contributed by atoms with Crippen LogP contribution < -0.4 is 9.47 Å². The number of hydrogen-bond donors (Lipinski definition) is 0. The fraction of sp³-hybridized carbons (Fsp3) is 0.111. The number of nitrogens with zero attached hydrogens (tertiary/aromatic N) is 2. The van der Waals surface area contributed by atoms with Gasteiger partial charge in [0.25, 0.3) is 0 Å². The van der Waals surface area contributed by atoms with Crippen molar-refractivity contribution in [3.8, 4) is 23.6 Å². The van der Waals surface area contributed by atoms with E-state index in [0.29, 0.717) is 22.6 Å². The Hall–Kier alpha value is -3.02. The first kappa shape index (κ1) is 17.3. The van der Waals surface area contributed by atoms with Gasteiger partial charge in [0.05, 0.1) is 12.1 Å². The Labute approximate surface area is 143 Å². The van der Waals surface area contributed by atoms with Crippen LogP contribution in [-0.2, 0) is 6.61 Å². The highest BCUT2D eigenvalue weighted by atomic mass is 35.5. The third kappa shape index (κ3) is 4.25. The average Bonchev–Trinajstić information content (AvgIpc) is 2.59. The summed E-state index contributed by atoms with van der Waals surface area (Å²) in [5.41, 5.74) is 1.27. The highest BCUT2D eigenvalue weighted by molar-refractivity contribution is 6.31. The summed E-state index contributed by atoms with van der Waals surface area (Å²) in [7, 11) is 1.48. The number of ether oxygens (including phenoxy) is 2. The van der Waals surface area contributed by atoms with Crippen molar-refractivity contribution in [2.75, 3.05) is 7.11 Å². The number of halogens is 2. The predicted molar refractivity (Wildman–Crippen MR) is 87.9 cm³/mol. The molecule has 0 aliphatic rings. The molecule has 24 heavy (non-hydrogen) atoms. The lowest BCUT2D eigenvalue weighted by Gasteiger charge is -2.12. The lowest BCUT2D eigenvalue weighted by molar-refractivity contribution is 0.284. The van der Waals surface area contributed by atoms with E-state index >= 15 is 0 Å². The van der Waals surface area contributed by atoms with Gasteiger partial charge in [-0.1, -0.05) is 23.7 Å². The Morgan fingerprint density at radius 2 is 1.92 bits per heavy atom. The molecule has 0 saturated heterocycles. The van der Waals surface area contributed by atoms with Gasteiger partial charge >= 0.3 is 0 Å². The summed E-state index contributed by atoms with van der Waals surface area (Å²) in [6.07, 6.45) is 1.45. The third-order valence-corrected chi connectivity index (χ3v) is 3.49. The molecule has 0 aliphatic carbocycles. The summed E-state index contributed by atoms with van der Waals surface area (Å²) >= 11 is 5.96. The summed E-state index contributed by atoms with van der Waals surface area (Å²) in [5, 5.41) is 17.9. The van der Waals surface area contributed by atoms with Crippen molar-refractivity contribution in [3.63, 3.8) is 0 Å². The molecule has 0 radical (unpaired) electrons. The van der Waals surface area contributed by atoms with Crippen LogP contribution in [0.3, 0.4) is 0 Å². The zero-order valence-corrected chi connectivity index (χ0v) is 13.5. The first-order valence-corrected chi connectivity index (χ1v) is 7.22. The van der Waals surface area contributed by atoms with Crippen molar-refractivity contribution in [1.29, 1.82) is 10.5 Å². The average molecular weight is 343 g/mol. The number of allylic oxidation sites excluding steroid dienone is 1. The van der Waals surface area contributed by atoms with Gasteiger partial charge in [-0.05, 0) is 35.9 Å². The van der Waals surface area contributed by atoms with Gasteiger partial charge in [-0.15, -0.1) is 0 Å². The van der Waals surface area contributed by atoms with Crippen LogP contribution in [0.4, 0.5) is 4.39 Å². The van der Waals surface area contributed by atoms with E-state index in [0.717, 1.165) is 0 Å². The van der Waals surface area contributed by atoms with Gasteiger partial charge in [0.15, 0.2) is 11.5 Å². The summed E-state index contributed by atoms with van der Waals surface area (Å²) in [6.45, 7) is 0.145. The Morgan fingerprint density at radius 1 is 1.17 bits per heavy atom. The van der Waals surface area contributed by atoms with Gasteiger partial charge in [-0.25, -0.2) is 4.39 Å². The van der Waals surface area contributed by atoms with Crippen LogP contribution in [0.1, 0.15) is 11.1 Å². The van der Waals surface area contributed by atoms with Crippen molar-refractivity contribution >= 4 is 17.7 Å². The largest absolute Gasteiger partial charge is 0.493 e. The standard InChI is InChI=1S/C18H12ClFN2O2/c1-23-18-7-12(6-13(9-21)10-22)2-5-17(18)24-11-14-3-4-15(20)8-16(14)19/h2-8H,11H2,1H3. The molecule has 2 rings (SSSR count). The van der Waals surface area contributed by atoms with E-state index in [1.165, 1.54) is 25.3 Å². The molecule has 0 heterocycles. The molecule has 0 amide bonds. The third-order valence-electron chi connectivity index (χ3n) is 3.14. The smallest absolute Gasteiger partial charge is 0.161 e. The van der Waals surface area contributed by atoms with E-state index < -0.39 is 5.82 Å². The van der Waals surface area contributed by atoms with E-state index in [4.69, 9.17) is 31.6 Å². The second-order valence-corrected chi connectivity index (χ2v) is 5.12. The Bertz CT molecular complexity index is 850. The van der Waals surface area contributed by atoms with Crippen LogP contribution in [0.2, 0.25) is 5.02 Å². The molecule has 0 fully saturated rings. The van der Waals surface area contributed by atoms with E-state index in [1.807, 2.05) is 0 Å². The molecular weight excluding hydrogens is 331 g/mol. The Balaban J connectivity index is 2.21. The molecule has 0 bridgehead atoms. The predicted octanol–water partition coefficient (Wildman–Crippen LogP) is 4.50. The Morgan fingerprint density at radius 3 is 2.54 bits per heavy atom. The number of rotatable bonds is 5. The fourth-order valence-electron chi connectivity index (χ4n) is 1.94. The second kappa shape index (κ2) is 8.01. The van der Waals surface area contributed by atoms with Crippen LogP contribution in [-0.4, -0.2) is 7.11 Å². The maximum absolute atomic E-state index is 13.0. The van der Waals surface area contributed by atoms with Crippen molar-refractivity contribution in [3.05, 3.63) is 63.9 Å². The molecule has 0 atom stereocenters. The Kier molecular flexibility index (Phi) is 5.78. The van der Waals surface area contributed by atoms with Gasteiger partial charge in [0, 0.05) is 5.56 Å².